The molecule has 1 aromatic rings. The van der Waals surface area contributed by atoms with E-state index in [1.54, 1.807) is 16.7 Å². The molecule has 0 bridgehead atoms. The van der Waals surface area contributed by atoms with E-state index in [2.05, 4.69) is 19.9 Å². The van der Waals surface area contributed by atoms with Gasteiger partial charge in [-0.1, -0.05) is 39.5 Å². The molecule has 0 heterocycles. The summed E-state index contributed by atoms with van der Waals surface area (Å²) in [7, 11) is 0. The third-order valence-electron chi connectivity index (χ3n) is 2.95. The van der Waals surface area contributed by atoms with Gasteiger partial charge in [0.1, 0.15) is 0 Å². The van der Waals surface area contributed by atoms with Crippen molar-refractivity contribution < 1.29 is 21.7 Å². The first-order chi connectivity index (χ1) is 5.29. The number of rotatable bonds is 0. The standard InChI is InChI=1S/C11H15.Ti/c1-8-7-10-5-3-4-6-11(10)9(8)2;/h7H,3-6H2,1-2H3;/q-1;. The molecular formula is C11H15Ti-. The first-order valence-corrected chi connectivity index (χ1v) is 4.53. The van der Waals surface area contributed by atoms with Crippen LogP contribution < -0.4 is 0 Å². The Morgan fingerprint density at radius 3 is 2.58 bits per heavy atom. The Hall–Kier alpha value is 0.0643. The van der Waals surface area contributed by atoms with Crippen molar-refractivity contribution in [3.05, 3.63) is 28.3 Å². The second-order valence-electron chi connectivity index (χ2n) is 3.66. The molecule has 0 nitrogen and oxygen atoms in total. The van der Waals surface area contributed by atoms with Gasteiger partial charge in [-0.3, -0.25) is 0 Å². The molecule has 1 aliphatic carbocycles. The van der Waals surface area contributed by atoms with Gasteiger partial charge < -0.3 is 0 Å². The van der Waals surface area contributed by atoms with Gasteiger partial charge in [0.15, 0.2) is 0 Å². The molecule has 0 unspecified atom stereocenters. The summed E-state index contributed by atoms with van der Waals surface area (Å²) in [5, 5.41) is 0. The quantitative estimate of drug-likeness (QED) is 0.441. The van der Waals surface area contributed by atoms with E-state index in [9.17, 15) is 0 Å². The van der Waals surface area contributed by atoms with Crippen molar-refractivity contribution in [1.29, 1.82) is 0 Å². The third kappa shape index (κ3) is 1.55. The number of fused-ring (bicyclic) bond motifs is 1. The minimum Gasteiger partial charge on any atom is -0.207 e. The monoisotopic (exact) mass is 195 g/mol. The van der Waals surface area contributed by atoms with Crippen LogP contribution >= 0.6 is 0 Å². The average Bonchev–Trinajstić information content (AvgIpc) is 2.30. The maximum atomic E-state index is 2.38. The Balaban J connectivity index is 0.000000720. The zero-order valence-corrected chi connectivity index (χ0v) is 9.47. The van der Waals surface area contributed by atoms with Crippen LogP contribution in [0.2, 0.25) is 0 Å². The van der Waals surface area contributed by atoms with E-state index in [-0.39, 0.29) is 21.7 Å². The van der Waals surface area contributed by atoms with Crippen molar-refractivity contribution in [2.45, 2.75) is 39.5 Å². The van der Waals surface area contributed by atoms with E-state index in [1.807, 2.05) is 0 Å². The predicted octanol–water partition coefficient (Wildman–Crippen LogP) is 2.90. The SMILES string of the molecule is Cc1cc2c([c-]1C)CCCC2.[Ti]. The van der Waals surface area contributed by atoms with Crippen LogP contribution in [0, 0.1) is 13.8 Å². The maximum Gasteiger partial charge on any atom is 0 e. The molecule has 64 valence electrons. The second kappa shape index (κ2) is 3.85. The summed E-state index contributed by atoms with van der Waals surface area (Å²) in [4.78, 5) is 0. The van der Waals surface area contributed by atoms with Gasteiger partial charge in [-0.25, -0.2) is 6.07 Å². The van der Waals surface area contributed by atoms with Crippen LogP contribution in [0.25, 0.3) is 0 Å². The average molecular weight is 195 g/mol. The van der Waals surface area contributed by atoms with Gasteiger partial charge in [-0.15, -0.1) is 0 Å². The molecule has 0 fully saturated rings. The smallest absolute Gasteiger partial charge is 0 e. The van der Waals surface area contributed by atoms with Gasteiger partial charge in [-0.05, 0) is 0 Å². The topological polar surface area (TPSA) is 0 Å². The predicted molar refractivity (Wildman–Crippen MR) is 48.2 cm³/mol. The van der Waals surface area contributed by atoms with E-state index in [1.165, 1.54) is 31.2 Å². The Labute approximate surface area is 89.6 Å². The van der Waals surface area contributed by atoms with Gasteiger partial charge in [-0.2, -0.15) is 22.3 Å². The summed E-state index contributed by atoms with van der Waals surface area (Å²) >= 11 is 0. The molecule has 1 aromatic carbocycles. The Morgan fingerprint density at radius 1 is 1.25 bits per heavy atom. The van der Waals surface area contributed by atoms with E-state index >= 15 is 0 Å². The molecule has 0 amide bonds. The summed E-state index contributed by atoms with van der Waals surface area (Å²) in [6, 6.07) is 2.38. The molecule has 0 N–H and O–H groups in total. The molecule has 0 radical (unpaired) electrons. The minimum absolute atomic E-state index is 0. The fourth-order valence-electron chi connectivity index (χ4n) is 2.12. The minimum atomic E-state index is 0. The first kappa shape index (κ1) is 10.1. The zero-order chi connectivity index (χ0) is 7.84. The summed E-state index contributed by atoms with van der Waals surface area (Å²) in [6.45, 7) is 4.49. The van der Waals surface area contributed by atoms with Crippen molar-refractivity contribution >= 4 is 0 Å². The summed E-state index contributed by atoms with van der Waals surface area (Å²) < 4.78 is 0. The zero-order valence-electron chi connectivity index (χ0n) is 7.91. The van der Waals surface area contributed by atoms with Crippen LogP contribution in [0.5, 0.6) is 0 Å². The van der Waals surface area contributed by atoms with Crippen LogP contribution in [0.4, 0.5) is 0 Å². The van der Waals surface area contributed by atoms with Gasteiger partial charge in [0.25, 0.3) is 0 Å². The van der Waals surface area contributed by atoms with E-state index in [0.717, 1.165) is 0 Å². The van der Waals surface area contributed by atoms with Gasteiger partial charge in [0, 0.05) is 21.7 Å². The van der Waals surface area contributed by atoms with Crippen molar-refractivity contribution in [2.24, 2.45) is 0 Å². The van der Waals surface area contributed by atoms with Crippen LogP contribution in [-0.2, 0) is 34.6 Å². The molecule has 1 heteroatoms. The molecule has 1 aliphatic rings. The molecule has 0 atom stereocenters. The van der Waals surface area contributed by atoms with E-state index < -0.39 is 0 Å². The normalized spacial score (nSPS) is 15.2. The van der Waals surface area contributed by atoms with Gasteiger partial charge in [0.05, 0.1) is 0 Å². The van der Waals surface area contributed by atoms with Crippen molar-refractivity contribution in [1.82, 2.24) is 0 Å². The van der Waals surface area contributed by atoms with Gasteiger partial charge in [0.2, 0.25) is 0 Å². The molecule has 2 rings (SSSR count). The number of hydrogen-bond acceptors (Lipinski definition) is 0. The molecular weight excluding hydrogens is 180 g/mol. The van der Waals surface area contributed by atoms with Gasteiger partial charge >= 0.3 is 0 Å². The molecule has 12 heavy (non-hydrogen) atoms. The van der Waals surface area contributed by atoms with E-state index in [4.69, 9.17) is 0 Å². The van der Waals surface area contributed by atoms with Crippen LogP contribution in [-0.4, -0.2) is 0 Å². The fraction of sp³-hybridized carbons (Fsp3) is 0.545. The third-order valence-corrected chi connectivity index (χ3v) is 2.95. The Bertz CT molecular complexity index is 271. The van der Waals surface area contributed by atoms with Crippen LogP contribution in [0.15, 0.2) is 6.07 Å². The molecule has 0 aliphatic heterocycles. The maximum absolute atomic E-state index is 2.38. The molecule has 0 spiro atoms. The summed E-state index contributed by atoms with van der Waals surface area (Å²) in [5.41, 5.74) is 6.34. The Morgan fingerprint density at radius 2 is 1.92 bits per heavy atom. The summed E-state index contributed by atoms with van der Waals surface area (Å²) in [6.07, 6.45) is 5.45. The molecule has 0 saturated heterocycles. The van der Waals surface area contributed by atoms with Crippen molar-refractivity contribution in [3.63, 3.8) is 0 Å². The largest absolute Gasteiger partial charge is 0.207 e. The molecule has 0 saturated carbocycles. The fourth-order valence-corrected chi connectivity index (χ4v) is 2.12. The van der Waals surface area contributed by atoms with Crippen molar-refractivity contribution in [3.8, 4) is 0 Å². The van der Waals surface area contributed by atoms with Crippen LogP contribution in [0.3, 0.4) is 0 Å². The second-order valence-corrected chi connectivity index (χ2v) is 3.66. The summed E-state index contributed by atoms with van der Waals surface area (Å²) in [5.74, 6) is 0. The van der Waals surface area contributed by atoms with E-state index in [0.29, 0.717) is 0 Å². The Kier molecular flexibility index (Phi) is 3.25. The number of hydrogen-bond donors (Lipinski definition) is 0. The molecule has 0 aromatic heterocycles. The van der Waals surface area contributed by atoms with Crippen LogP contribution in [0.1, 0.15) is 35.1 Å². The first-order valence-electron chi connectivity index (χ1n) is 4.53. The number of aryl methyl sites for hydroxylation is 2. The van der Waals surface area contributed by atoms with Crippen molar-refractivity contribution in [2.75, 3.05) is 0 Å².